The van der Waals surface area contributed by atoms with E-state index in [0.29, 0.717) is 0 Å². The van der Waals surface area contributed by atoms with Gasteiger partial charge in [0.2, 0.25) is 0 Å². The lowest BCUT2D eigenvalue weighted by molar-refractivity contribution is -0.384. The summed E-state index contributed by atoms with van der Waals surface area (Å²) in [6.07, 6.45) is 3.26. The number of non-ortho nitro benzene ring substituents is 1. The van der Waals surface area contributed by atoms with Gasteiger partial charge in [-0.2, -0.15) is 0 Å². The topological polar surface area (TPSA) is 111 Å². The van der Waals surface area contributed by atoms with Crippen LogP contribution in [0.4, 0.5) is 11.4 Å². The highest BCUT2D eigenvalue weighted by Gasteiger charge is 2.19. The summed E-state index contributed by atoms with van der Waals surface area (Å²) in [5, 5.41) is 14.3. The number of carbonyl (C=O) groups excluding carboxylic acids is 2. The zero-order valence-electron chi connectivity index (χ0n) is 15.7. The van der Waals surface area contributed by atoms with E-state index >= 15 is 0 Å². The molecule has 1 amide bonds. The second-order valence-electron chi connectivity index (χ2n) is 6.25. The molecule has 152 valence electrons. The maximum absolute atomic E-state index is 12.3. The van der Waals surface area contributed by atoms with E-state index in [1.165, 1.54) is 25.1 Å². The van der Waals surface area contributed by atoms with Crippen LogP contribution in [-0.4, -0.2) is 27.9 Å². The van der Waals surface area contributed by atoms with Crippen molar-refractivity contribution in [1.29, 1.82) is 0 Å². The smallest absolute Gasteiger partial charge is 0.331 e. The molecule has 3 rings (SSSR count). The molecule has 9 heteroatoms. The maximum Gasteiger partial charge on any atom is 0.331 e. The van der Waals surface area contributed by atoms with Crippen LogP contribution in [0.5, 0.6) is 0 Å². The molecule has 1 unspecified atom stereocenters. The molecule has 0 saturated heterocycles. The lowest BCUT2D eigenvalue weighted by Crippen LogP contribution is -2.29. The van der Waals surface area contributed by atoms with Crippen molar-refractivity contribution in [3.63, 3.8) is 0 Å². The van der Waals surface area contributed by atoms with Gasteiger partial charge in [-0.25, -0.2) is 4.79 Å². The third-order valence-electron chi connectivity index (χ3n) is 4.14. The molecule has 0 saturated carbocycles. The fraction of sp³-hybridized carbons (Fsp3) is 0.0952. The number of benzene rings is 2. The van der Waals surface area contributed by atoms with Crippen LogP contribution in [0, 0.1) is 10.1 Å². The molecule has 3 aromatic rings. The lowest BCUT2D eigenvalue weighted by Gasteiger charge is -2.13. The van der Waals surface area contributed by atoms with Crippen LogP contribution >= 0.6 is 11.6 Å². The van der Waals surface area contributed by atoms with Gasteiger partial charge in [0.25, 0.3) is 11.6 Å². The van der Waals surface area contributed by atoms with E-state index in [2.05, 4.69) is 10.3 Å². The monoisotopic (exact) mass is 425 g/mol. The minimum Gasteiger partial charge on any atom is -0.449 e. The van der Waals surface area contributed by atoms with Gasteiger partial charge in [0.05, 0.1) is 21.2 Å². The number of para-hydroxylation sites is 1. The van der Waals surface area contributed by atoms with Crippen LogP contribution < -0.4 is 5.32 Å². The van der Waals surface area contributed by atoms with Crippen LogP contribution in [-0.2, 0) is 14.3 Å². The summed E-state index contributed by atoms with van der Waals surface area (Å²) in [5.74, 6) is -1.40. The van der Waals surface area contributed by atoms with Crippen molar-refractivity contribution in [2.45, 2.75) is 13.0 Å². The van der Waals surface area contributed by atoms with Crippen molar-refractivity contribution < 1.29 is 19.2 Å². The molecule has 0 spiro atoms. The number of nitro benzene ring substituents is 1. The van der Waals surface area contributed by atoms with E-state index in [1.807, 2.05) is 24.3 Å². The predicted molar refractivity (Wildman–Crippen MR) is 113 cm³/mol. The van der Waals surface area contributed by atoms with Gasteiger partial charge < -0.3 is 10.1 Å². The van der Waals surface area contributed by atoms with E-state index in [9.17, 15) is 19.7 Å². The molecule has 1 N–H and O–H groups in total. The van der Waals surface area contributed by atoms with E-state index in [0.717, 1.165) is 22.5 Å². The Bertz CT molecular complexity index is 1160. The Hall–Kier alpha value is -3.78. The first kappa shape index (κ1) is 20.9. The van der Waals surface area contributed by atoms with Gasteiger partial charge in [0.15, 0.2) is 6.10 Å². The number of ether oxygens (including phenoxy) is 1. The van der Waals surface area contributed by atoms with Crippen molar-refractivity contribution in [2.75, 3.05) is 5.32 Å². The number of esters is 1. The van der Waals surface area contributed by atoms with Gasteiger partial charge in [-0.3, -0.25) is 19.9 Å². The number of nitrogens with zero attached hydrogens (tertiary/aromatic N) is 2. The number of hydrogen-bond acceptors (Lipinski definition) is 6. The number of nitro groups is 1. The van der Waals surface area contributed by atoms with Crippen LogP contribution in [0.3, 0.4) is 0 Å². The first-order chi connectivity index (χ1) is 14.3. The Morgan fingerprint density at radius 2 is 2.00 bits per heavy atom. The van der Waals surface area contributed by atoms with Crippen molar-refractivity contribution >= 4 is 51.8 Å². The molecular formula is C21H16ClN3O5. The highest BCUT2D eigenvalue weighted by atomic mass is 35.5. The molecule has 0 aliphatic carbocycles. The Labute approximate surface area is 176 Å². The number of fused-ring (bicyclic) bond motifs is 1. The summed E-state index contributed by atoms with van der Waals surface area (Å²) in [4.78, 5) is 38.9. The third kappa shape index (κ3) is 4.98. The Morgan fingerprint density at radius 3 is 2.77 bits per heavy atom. The molecule has 2 aromatic carbocycles. The van der Waals surface area contributed by atoms with Crippen molar-refractivity contribution in [1.82, 2.24) is 4.98 Å². The van der Waals surface area contributed by atoms with E-state index in [1.54, 1.807) is 18.3 Å². The summed E-state index contributed by atoms with van der Waals surface area (Å²) >= 11 is 5.96. The minimum absolute atomic E-state index is 0.0520. The molecule has 30 heavy (non-hydrogen) atoms. The van der Waals surface area contributed by atoms with E-state index < -0.39 is 22.9 Å². The molecule has 0 aliphatic rings. The molecule has 0 aliphatic heterocycles. The molecule has 1 heterocycles. The highest BCUT2D eigenvalue weighted by molar-refractivity contribution is 6.33. The quantitative estimate of drug-likeness (QED) is 0.271. The molecule has 1 atom stereocenters. The first-order valence-electron chi connectivity index (χ1n) is 8.82. The summed E-state index contributed by atoms with van der Waals surface area (Å²) in [7, 11) is 0. The van der Waals surface area contributed by atoms with Crippen LogP contribution in [0.2, 0.25) is 5.02 Å². The van der Waals surface area contributed by atoms with Crippen LogP contribution in [0.15, 0.2) is 60.8 Å². The number of nitrogens with one attached hydrogen (secondary N) is 1. The van der Waals surface area contributed by atoms with Crippen LogP contribution in [0.1, 0.15) is 12.5 Å². The number of amides is 1. The van der Waals surface area contributed by atoms with Crippen molar-refractivity contribution in [3.8, 4) is 0 Å². The zero-order valence-corrected chi connectivity index (χ0v) is 16.5. The molecule has 0 radical (unpaired) electrons. The lowest BCUT2D eigenvalue weighted by atomic mass is 10.1. The van der Waals surface area contributed by atoms with Gasteiger partial charge in [0.1, 0.15) is 0 Å². The molecule has 1 aromatic heterocycles. The Balaban J connectivity index is 1.65. The predicted octanol–water partition coefficient (Wildman–Crippen LogP) is 4.38. The summed E-state index contributed by atoms with van der Waals surface area (Å²) < 4.78 is 5.10. The summed E-state index contributed by atoms with van der Waals surface area (Å²) in [5.41, 5.74) is 1.28. The zero-order chi connectivity index (χ0) is 21.7. The van der Waals surface area contributed by atoms with Gasteiger partial charge in [0, 0.05) is 35.4 Å². The second-order valence-corrected chi connectivity index (χ2v) is 6.65. The third-order valence-corrected chi connectivity index (χ3v) is 4.47. The van der Waals surface area contributed by atoms with E-state index in [4.69, 9.17) is 16.3 Å². The Kier molecular flexibility index (Phi) is 6.38. The summed E-state index contributed by atoms with van der Waals surface area (Å²) in [6, 6.07) is 12.9. The normalized spacial score (nSPS) is 11.9. The number of aromatic nitrogens is 1. The number of anilines is 1. The molecule has 8 nitrogen and oxygen atoms in total. The molecular weight excluding hydrogens is 410 g/mol. The van der Waals surface area contributed by atoms with Gasteiger partial charge in [-0.15, -0.1) is 0 Å². The van der Waals surface area contributed by atoms with Crippen molar-refractivity contribution in [3.05, 3.63) is 81.5 Å². The number of pyridine rings is 1. The number of halogens is 1. The Morgan fingerprint density at radius 1 is 1.23 bits per heavy atom. The second kappa shape index (κ2) is 9.15. The summed E-state index contributed by atoms with van der Waals surface area (Å²) in [6.45, 7) is 1.38. The average Bonchev–Trinajstić information content (AvgIpc) is 2.73. The maximum atomic E-state index is 12.3. The SMILES string of the molecule is CC(OC(=O)/C=C/c1cccc2cccnc12)C(=O)Nc1cc([N+](=O)[O-])ccc1Cl. The number of carbonyl (C=O) groups is 2. The van der Waals surface area contributed by atoms with E-state index in [-0.39, 0.29) is 16.4 Å². The largest absolute Gasteiger partial charge is 0.449 e. The minimum atomic E-state index is -1.15. The van der Waals surface area contributed by atoms with Gasteiger partial charge in [-0.1, -0.05) is 35.9 Å². The van der Waals surface area contributed by atoms with Crippen LogP contribution in [0.25, 0.3) is 17.0 Å². The molecule has 0 bridgehead atoms. The van der Waals surface area contributed by atoms with Crippen molar-refractivity contribution in [2.24, 2.45) is 0 Å². The number of rotatable bonds is 6. The molecule has 0 fully saturated rings. The standard InChI is InChI=1S/C21H16ClN3O5/c1-13(21(27)24-18-12-16(25(28)29)8-9-17(18)22)30-19(26)10-7-15-5-2-4-14-6-3-11-23-20(14)15/h2-13H,1H3,(H,24,27)/b10-7+. The van der Waals surface area contributed by atoms with Gasteiger partial charge in [-0.05, 0) is 25.1 Å². The number of hydrogen-bond donors (Lipinski definition) is 1. The fourth-order valence-corrected chi connectivity index (χ4v) is 2.81. The highest BCUT2D eigenvalue weighted by Crippen LogP contribution is 2.27. The average molecular weight is 426 g/mol. The first-order valence-corrected chi connectivity index (χ1v) is 9.20. The van der Waals surface area contributed by atoms with Gasteiger partial charge >= 0.3 is 5.97 Å². The fourth-order valence-electron chi connectivity index (χ4n) is 2.64.